The fraction of sp³-hybridized carbons (Fsp3) is 1.00. The van der Waals surface area contributed by atoms with Gasteiger partial charge in [-0.05, 0) is 18.4 Å². The summed E-state index contributed by atoms with van der Waals surface area (Å²) in [6.45, 7) is 0.768. The number of azide groups is 1. The molecule has 1 N–H and O–H groups in total. The van der Waals surface area contributed by atoms with Gasteiger partial charge in [-0.25, -0.2) is 0 Å². The van der Waals surface area contributed by atoms with Crippen LogP contribution in [0.1, 0.15) is 57.8 Å². The number of nitrogens with zero attached hydrogens (tertiary/aromatic N) is 3. The van der Waals surface area contributed by atoms with Gasteiger partial charge in [-0.1, -0.05) is 50.1 Å². The Labute approximate surface area is 143 Å². The van der Waals surface area contributed by atoms with E-state index in [0.717, 1.165) is 51.4 Å². The monoisotopic (exact) mass is 402 g/mol. The minimum absolute atomic E-state index is 0.197. The maximum Gasteiger partial charge on any atom is 0.798 e. The van der Waals surface area contributed by atoms with Gasteiger partial charge >= 0.3 is 24.8 Å². The van der Waals surface area contributed by atoms with Crippen molar-refractivity contribution in [1.29, 1.82) is 0 Å². The van der Waals surface area contributed by atoms with Gasteiger partial charge in [-0.15, -0.1) is 9.42 Å². The molecule has 0 heterocycles. The van der Waals surface area contributed by atoms with Gasteiger partial charge in [-0.2, -0.15) is 0 Å². The normalized spacial score (nSPS) is 12.5. The second-order valence-electron chi connectivity index (χ2n) is 4.82. The van der Waals surface area contributed by atoms with E-state index in [-0.39, 0.29) is 6.61 Å². The largest absolute Gasteiger partial charge is 0.798 e. The molecular formula is C11H23N3O7P3+3. The summed E-state index contributed by atoms with van der Waals surface area (Å²) >= 11 is 0. The van der Waals surface area contributed by atoms with Crippen LogP contribution in [0.15, 0.2) is 5.11 Å². The summed E-state index contributed by atoms with van der Waals surface area (Å²) in [4.78, 5) is 11.0. The van der Waals surface area contributed by atoms with Crippen molar-refractivity contribution < 1.29 is 31.7 Å². The highest BCUT2D eigenvalue weighted by Crippen LogP contribution is 2.44. The molecule has 0 saturated heterocycles. The van der Waals surface area contributed by atoms with Gasteiger partial charge in [0.15, 0.2) is 8.62 Å². The minimum atomic E-state index is -3.06. The van der Waals surface area contributed by atoms with Crippen LogP contribution in [-0.4, -0.2) is 18.0 Å². The smallest absolute Gasteiger partial charge is 0.131 e. The first-order valence-electron chi connectivity index (χ1n) is 7.67. The lowest BCUT2D eigenvalue weighted by Crippen LogP contribution is -1.88. The van der Waals surface area contributed by atoms with E-state index in [2.05, 4.69) is 18.6 Å². The van der Waals surface area contributed by atoms with Crippen LogP contribution in [-0.2, 0) is 26.8 Å². The third-order valence-electron chi connectivity index (χ3n) is 2.93. The van der Waals surface area contributed by atoms with Gasteiger partial charge in [0.25, 0.3) is 0 Å². The quantitative estimate of drug-likeness (QED) is 0.106. The lowest BCUT2D eigenvalue weighted by atomic mass is 10.1. The fourth-order valence-electron chi connectivity index (χ4n) is 1.86. The summed E-state index contributed by atoms with van der Waals surface area (Å²) in [6, 6.07) is 0. The van der Waals surface area contributed by atoms with Crippen LogP contribution in [0.2, 0.25) is 0 Å². The van der Waals surface area contributed by atoms with Crippen molar-refractivity contribution in [3.63, 3.8) is 0 Å². The Morgan fingerprint density at radius 2 is 1.38 bits per heavy atom. The summed E-state index contributed by atoms with van der Waals surface area (Å²) in [7, 11) is -8.60. The molecule has 0 aromatic carbocycles. The van der Waals surface area contributed by atoms with Crippen LogP contribution < -0.4 is 0 Å². The van der Waals surface area contributed by atoms with Crippen LogP contribution in [0.25, 0.3) is 10.4 Å². The second-order valence-corrected chi connectivity index (χ2v) is 7.75. The molecule has 24 heavy (non-hydrogen) atoms. The van der Waals surface area contributed by atoms with Crippen LogP contribution in [0.5, 0.6) is 0 Å². The van der Waals surface area contributed by atoms with E-state index in [0.29, 0.717) is 13.0 Å². The van der Waals surface area contributed by atoms with Crippen molar-refractivity contribution in [2.24, 2.45) is 5.11 Å². The van der Waals surface area contributed by atoms with E-state index in [9.17, 15) is 13.7 Å². The molecule has 0 bridgehead atoms. The van der Waals surface area contributed by atoms with Gasteiger partial charge in [-0.3, -0.25) is 0 Å². The van der Waals surface area contributed by atoms with E-state index in [1.165, 1.54) is 0 Å². The summed E-state index contributed by atoms with van der Waals surface area (Å²) < 4.78 is 45.2. The zero-order chi connectivity index (χ0) is 18.0. The lowest BCUT2D eigenvalue weighted by Gasteiger charge is -2.00. The predicted octanol–water partition coefficient (Wildman–Crippen LogP) is 5.82. The Morgan fingerprint density at radius 1 is 0.833 bits per heavy atom. The first kappa shape index (κ1) is 23.4. The molecule has 10 nitrogen and oxygen atoms in total. The van der Waals surface area contributed by atoms with Crippen molar-refractivity contribution in [2.45, 2.75) is 57.8 Å². The molecule has 0 spiro atoms. The lowest BCUT2D eigenvalue weighted by molar-refractivity contribution is 0.272. The van der Waals surface area contributed by atoms with Gasteiger partial charge in [0, 0.05) is 25.2 Å². The zero-order valence-corrected chi connectivity index (χ0v) is 16.0. The van der Waals surface area contributed by atoms with Crippen LogP contribution >= 0.6 is 24.8 Å². The Kier molecular flexibility index (Phi) is 16.9. The average molecular weight is 402 g/mol. The average Bonchev–Trinajstić information content (AvgIpc) is 2.51. The Balaban J connectivity index is 3.30. The third-order valence-corrected chi connectivity index (χ3v) is 5.48. The maximum absolute atomic E-state index is 11.2. The Morgan fingerprint density at radius 3 is 1.92 bits per heavy atom. The molecular weight excluding hydrogens is 379 g/mol. The summed E-state index contributed by atoms with van der Waals surface area (Å²) in [5.41, 5.74) is 8.12. The molecule has 0 aliphatic heterocycles. The van der Waals surface area contributed by atoms with Gasteiger partial charge < -0.3 is 0 Å². The number of unbranched alkanes of at least 4 members (excludes halogenated alkanes) is 8. The molecule has 0 saturated carbocycles. The SMILES string of the molecule is [N-]=[N+]=NCCCCCCCCCCCO[P+](=O)O[P+](=O)O[P+](=O)O. The standard InChI is InChI=1S/C11H22N3O7P3/c12-14-13-10-8-6-4-2-1-3-5-7-9-11-19-23(17)21-24(18)20-22(15)16/h1-11H2/q+2/p+1. The molecule has 0 aliphatic carbocycles. The molecule has 0 amide bonds. The van der Waals surface area contributed by atoms with E-state index >= 15 is 0 Å². The summed E-state index contributed by atoms with van der Waals surface area (Å²) in [5.74, 6) is 0. The molecule has 0 rings (SSSR count). The second kappa shape index (κ2) is 17.3. The van der Waals surface area contributed by atoms with Gasteiger partial charge in [0.1, 0.15) is 6.61 Å². The van der Waals surface area contributed by atoms with E-state index in [1.807, 2.05) is 0 Å². The first-order chi connectivity index (χ1) is 11.6. The van der Waals surface area contributed by atoms with Crippen molar-refractivity contribution in [3.05, 3.63) is 10.4 Å². The Bertz CT molecular complexity index is 447. The van der Waals surface area contributed by atoms with Crippen molar-refractivity contribution in [1.82, 2.24) is 0 Å². The fourth-order valence-corrected chi connectivity index (χ4v) is 3.60. The highest BCUT2D eigenvalue weighted by atomic mass is 31.2. The molecule has 0 aromatic heterocycles. The highest BCUT2D eigenvalue weighted by Gasteiger charge is 2.48. The number of rotatable bonds is 17. The molecule has 0 aromatic rings. The Hall–Kier alpha value is -0.550. The van der Waals surface area contributed by atoms with Gasteiger partial charge in [0.05, 0.1) is 0 Å². The molecule has 3 unspecified atom stereocenters. The van der Waals surface area contributed by atoms with E-state index in [1.54, 1.807) is 0 Å². The minimum Gasteiger partial charge on any atom is -0.131 e. The van der Waals surface area contributed by atoms with Crippen molar-refractivity contribution >= 4 is 24.8 Å². The van der Waals surface area contributed by atoms with E-state index < -0.39 is 24.8 Å². The maximum atomic E-state index is 11.2. The third kappa shape index (κ3) is 17.8. The van der Waals surface area contributed by atoms with Crippen molar-refractivity contribution in [2.75, 3.05) is 13.2 Å². The molecule has 0 radical (unpaired) electrons. The number of hydrogen-bond acceptors (Lipinski definition) is 7. The van der Waals surface area contributed by atoms with Crippen LogP contribution in [0.4, 0.5) is 0 Å². The molecule has 13 heteroatoms. The summed E-state index contributed by atoms with van der Waals surface area (Å²) in [6.07, 6.45) is 9.24. The topological polar surface area (TPSA) is 148 Å². The van der Waals surface area contributed by atoms with Crippen LogP contribution in [0, 0.1) is 0 Å². The molecule has 136 valence electrons. The highest BCUT2D eigenvalue weighted by molar-refractivity contribution is 7.53. The molecule has 3 atom stereocenters. The van der Waals surface area contributed by atoms with Gasteiger partial charge in [0.2, 0.25) is 0 Å². The van der Waals surface area contributed by atoms with E-state index in [4.69, 9.17) is 14.9 Å². The first-order valence-corrected chi connectivity index (χ1v) is 11.0. The molecule has 0 fully saturated rings. The van der Waals surface area contributed by atoms with Crippen molar-refractivity contribution in [3.8, 4) is 0 Å². The number of hydrogen-bond donors (Lipinski definition) is 1. The predicted molar refractivity (Wildman–Crippen MR) is 88.7 cm³/mol. The molecule has 0 aliphatic rings. The zero-order valence-electron chi connectivity index (χ0n) is 13.4. The van der Waals surface area contributed by atoms with Crippen LogP contribution in [0.3, 0.4) is 0 Å². The summed E-state index contributed by atoms with van der Waals surface area (Å²) in [5, 5.41) is 3.48.